The Bertz CT molecular complexity index is 1380. The lowest BCUT2D eigenvalue weighted by Crippen LogP contribution is -2.46. The van der Waals surface area contributed by atoms with Crippen LogP contribution in [-0.4, -0.2) is 20.3 Å². The Hall–Kier alpha value is -3.97. The maximum atomic E-state index is 13.2. The van der Waals surface area contributed by atoms with Crippen LogP contribution in [0.1, 0.15) is 34.6 Å². The summed E-state index contributed by atoms with van der Waals surface area (Å²) in [6, 6.07) is 24.5. The fourth-order valence-electron chi connectivity index (χ4n) is 3.40. The molecule has 4 rings (SSSR count). The lowest BCUT2D eigenvalue weighted by atomic mass is 10.1. The lowest BCUT2D eigenvalue weighted by molar-refractivity contribution is 0.0930. The van der Waals surface area contributed by atoms with E-state index in [0.29, 0.717) is 10.7 Å². The average Bonchev–Trinajstić information content (AvgIpc) is 2.83. The smallest absolute Gasteiger partial charge is 0.344 e. The number of nitrogens with zero attached hydrogens (tertiary/aromatic N) is 3. The molecular formula is C25H21ClN4O3. The number of aromatic nitrogens is 3. The summed E-state index contributed by atoms with van der Waals surface area (Å²) in [4.78, 5) is 39.5. The largest absolute Gasteiger partial charge is 0.352 e. The first-order valence-electron chi connectivity index (χ1n) is 10.3. The van der Waals surface area contributed by atoms with E-state index in [1.807, 2.05) is 55.5 Å². The molecule has 0 bridgehead atoms. The van der Waals surface area contributed by atoms with Gasteiger partial charge in [-0.05, 0) is 42.3 Å². The van der Waals surface area contributed by atoms with Crippen molar-refractivity contribution in [3.63, 3.8) is 0 Å². The number of amides is 1. The van der Waals surface area contributed by atoms with E-state index in [1.165, 1.54) is 0 Å². The summed E-state index contributed by atoms with van der Waals surface area (Å²) in [7, 11) is 0. The SMILES string of the molecule is C[C@@H](NC(=O)c1nn(-c2ccc(Cl)cc2)c(=O)n(Cc2ccccc2)c1=O)c1ccccc1. The molecule has 0 radical (unpaired) electrons. The van der Waals surface area contributed by atoms with Gasteiger partial charge in [-0.1, -0.05) is 72.3 Å². The van der Waals surface area contributed by atoms with Crippen LogP contribution in [0.5, 0.6) is 0 Å². The molecule has 0 aliphatic heterocycles. The molecule has 8 heteroatoms. The summed E-state index contributed by atoms with van der Waals surface area (Å²) in [5, 5.41) is 7.42. The summed E-state index contributed by atoms with van der Waals surface area (Å²) in [6.45, 7) is 1.81. The van der Waals surface area contributed by atoms with Gasteiger partial charge in [-0.15, -0.1) is 0 Å². The number of carbonyl (C=O) groups excluding carboxylic acids is 1. The number of carbonyl (C=O) groups is 1. The molecule has 1 aromatic heterocycles. The van der Waals surface area contributed by atoms with Crippen LogP contribution in [0.4, 0.5) is 0 Å². The number of nitrogens with one attached hydrogen (secondary N) is 1. The van der Waals surface area contributed by atoms with Crippen LogP contribution in [0.15, 0.2) is 94.5 Å². The quantitative estimate of drug-likeness (QED) is 0.476. The molecule has 1 heterocycles. The minimum atomic E-state index is -0.758. The summed E-state index contributed by atoms with van der Waals surface area (Å²) < 4.78 is 2.06. The molecule has 1 amide bonds. The second-order valence-electron chi connectivity index (χ2n) is 7.50. The van der Waals surface area contributed by atoms with Crippen LogP contribution in [-0.2, 0) is 6.54 Å². The number of halogens is 1. The van der Waals surface area contributed by atoms with E-state index in [9.17, 15) is 14.4 Å². The molecule has 1 N–H and O–H groups in total. The van der Waals surface area contributed by atoms with Crippen LogP contribution in [0.3, 0.4) is 0 Å². The number of hydrogen-bond donors (Lipinski definition) is 1. The Balaban J connectivity index is 1.80. The summed E-state index contributed by atoms with van der Waals surface area (Å²) >= 11 is 5.97. The van der Waals surface area contributed by atoms with E-state index in [0.717, 1.165) is 20.4 Å². The van der Waals surface area contributed by atoms with Crippen LogP contribution in [0, 0.1) is 0 Å². The fraction of sp³-hybridized carbons (Fsp3) is 0.120. The third kappa shape index (κ3) is 4.94. The second-order valence-corrected chi connectivity index (χ2v) is 7.94. The molecule has 4 aromatic rings. The van der Waals surface area contributed by atoms with E-state index >= 15 is 0 Å². The van der Waals surface area contributed by atoms with E-state index in [2.05, 4.69) is 10.4 Å². The van der Waals surface area contributed by atoms with Crippen LogP contribution < -0.4 is 16.6 Å². The standard InChI is InChI=1S/C25H21ClN4O3/c1-17(19-10-6-3-7-11-19)27-23(31)22-24(32)29(16-18-8-4-2-5-9-18)25(33)30(28-22)21-14-12-20(26)13-15-21/h2-15,17H,16H2,1H3,(H,27,31)/t17-/m1/s1. The van der Waals surface area contributed by atoms with E-state index in [-0.39, 0.29) is 18.3 Å². The first-order chi connectivity index (χ1) is 15.9. The molecular weight excluding hydrogens is 440 g/mol. The van der Waals surface area contributed by atoms with Crippen molar-refractivity contribution >= 4 is 17.5 Å². The van der Waals surface area contributed by atoms with Gasteiger partial charge >= 0.3 is 5.69 Å². The van der Waals surface area contributed by atoms with Crippen molar-refractivity contribution in [1.29, 1.82) is 0 Å². The highest BCUT2D eigenvalue weighted by molar-refractivity contribution is 6.30. The van der Waals surface area contributed by atoms with Gasteiger partial charge in [0, 0.05) is 5.02 Å². The van der Waals surface area contributed by atoms with Gasteiger partial charge < -0.3 is 5.32 Å². The Morgan fingerprint density at radius 1 is 0.939 bits per heavy atom. The van der Waals surface area contributed by atoms with Crippen LogP contribution in [0.25, 0.3) is 5.69 Å². The van der Waals surface area contributed by atoms with Crippen molar-refractivity contribution in [1.82, 2.24) is 19.7 Å². The van der Waals surface area contributed by atoms with Gasteiger partial charge in [0.05, 0.1) is 18.3 Å². The van der Waals surface area contributed by atoms with Crippen molar-refractivity contribution in [3.8, 4) is 5.69 Å². The minimum Gasteiger partial charge on any atom is -0.344 e. The zero-order valence-corrected chi connectivity index (χ0v) is 18.6. The monoisotopic (exact) mass is 460 g/mol. The maximum Gasteiger partial charge on any atom is 0.352 e. The minimum absolute atomic E-state index is 0.00311. The summed E-state index contributed by atoms with van der Waals surface area (Å²) in [5.74, 6) is -0.666. The van der Waals surface area contributed by atoms with Crippen molar-refractivity contribution in [2.75, 3.05) is 0 Å². The highest BCUT2D eigenvalue weighted by Gasteiger charge is 2.22. The molecule has 3 aromatic carbocycles. The van der Waals surface area contributed by atoms with E-state index in [1.54, 1.807) is 36.4 Å². The third-order valence-corrected chi connectivity index (χ3v) is 5.43. The van der Waals surface area contributed by atoms with Gasteiger partial charge in [-0.25, -0.2) is 4.79 Å². The predicted octanol–water partition coefficient (Wildman–Crippen LogP) is 3.59. The predicted molar refractivity (Wildman–Crippen MR) is 127 cm³/mol. The fourth-order valence-corrected chi connectivity index (χ4v) is 3.53. The van der Waals surface area contributed by atoms with Gasteiger partial charge in [0.15, 0.2) is 0 Å². The third-order valence-electron chi connectivity index (χ3n) is 5.18. The van der Waals surface area contributed by atoms with Gasteiger partial charge in [0.25, 0.3) is 11.5 Å². The number of rotatable bonds is 6. The van der Waals surface area contributed by atoms with Crippen molar-refractivity contribution < 1.29 is 4.79 Å². The molecule has 0 spiro atoms. The molecule has 0 saturated heterocycles. The normalized spacial score (nSPS) is 11.7. The molecule has 166 valence electrons. The van der Waals surface area contributed by atoms with E-state index in [4.69, 9.17) is 11.6 Å². The second kappa shape index (κ2) is 9.67. The summed E-state index contributed by atoms with van der Waals surface area (Å²) in [6.07, 6.45) is 0. The van der Waals surface area contributed by atoms with Crippen LogP contribution in [0.2, 0.25) is 5.02 Å². The average molecular weight is 461 g/mol. The lowest BCUT2D eigenvalue weighted by Gasteiger charge is -2.16. The Kier molecular flexibility index (Phi) is 6.51. The van der Waals surface area contributed by atoms with Crippen molar-refractivity contribution in [2.24, 2.45) is 0 Å². The molecule has 0 unspecified atom stereocenters. The molecule has 33 heavy (non-hydrogen) atoms. The molecule has 0 aliphatic carbocycles. The molecule has 1 atom stereocenters. The van der Waals surface area contributed by atoms with Gasteiger partial charge in [0.2, 0.25) is 5.69 Å². The zero-order chi connectivity index (χ0) is 23.4. The van der Waals surface area contributed by atoms with Gasteiger partial charge in [0.1, 0.15) is 0 Å². The first-order valence-corrected chi connectivity index (χ1v) is 10.7. The maximum absolute atomic E-state index is 13.2. The zero-order valence-electron chi connectivity index (χ0n) is 17.8. The Morgan fingerprint density at radius 2 is 1.55 bits per heavy atom. The molecule has 7 nitrogen and oxygen atoms in total. The highest BCUT2D eigenvalue weighted by Crippen LogP contribution is 2.13. The van der Waals surface area contributed by atoms with Crippen LogP contribution >= 0.6 is 11.6 Å². The van der Waals surface area contributed by atoms with Gasteiger partial charge in [-0.3, -0.25) is 14.2 Å². The first kappa shape index (κ1) is 22.2. The van der Waals surface area contributed by atoms with Gasteiger partial charge in [-0.2, -0.15) is 9.78 Å². The van der Waals surface area contributed by atoms with Crippen molar-refractivity contribution in [2.45, 2.75) is 19.5 Å². The Labute approximate surface area is 194 Å². The number of hydrogen-bond acceptors (Lipinski definition) is 4. The Morgan fingerprint density at radius 3 is 2.18 bits per heavy atom. The molecule has 0 saturated carbocycles. The van der Waals surface area contributed by atoms with E-state index < -0.39 is 17.2 Å². The van der Waals surface area contributed by atoms with Crippen molar-refractivity contribution in [3.05, 3.63) is 128 Å². The summed E-state index contributed by atoms with van der Waals surface area (Å²) in [5.41, 5.74) is 0.223. The molecule has 0 aliphatic rings. The number of benzene rings is 3. The topological polar surface area (TPSA) is 86.0 Å². The molecule has 0 fully saturated rings. The highest BCUT2D eigenvalue weighted by atomic mass is 35.5.